The lowest BCUT2D eigenvalue weighted by Crippen LogP contribution is -2.19. The third-order valence-electron chi connectivity index (χ3n) is 2.62. The van der Waals surface area contributed by atoms with Gasteiger partial charge in [-0.15, -0.1) is 0 Å². The van der Waals surface area contributed by atoms with Crippen molar-refractivity contribution in [2.24, 2.45) is 0 Å². The quantitative estimate of drug-likeness (QED) is 0.665. The number of nitrogens with one attached hydrogen (secondary N) is 1. The summed E-state index contributed by atoms with van der Waals surface area (Å²) in [5, 5.41) is 3.79. The van der Waals surface area contributed by atoms with E-state index < -0.39 is 10.8 Å². The fourth-order valence-corrected chi connectivity index (χ4v) is 3.46. The molecular formula is C10H21NOS. The molecule has 0 aromatic carbocycles. The standard InChI is InChI=1S/C10H21NOS/c1-2-11-8-5-9-13(12)10-6-3-4-7-10/h10-11H,2-9H2,1H3. The summed E-state index contributed by atoms with van der Waals surface area (Å²) in [6, 6.07) is 0. The van der Waals surface area contributed by atoms with E-state index in [1.807, 2.05) is 0 Å². The van der Waals surface area contributed by atoms with Crippen LogP contribution in [-0.2, 0) is 10.8 Å². The van der Waals surface area contributed by atoms with E-state index in [1.54, 1.807) is 0 Å². The molecule has 13 heavy (non-hydrogen) atoms. The molecule has 0 aromatic heterocycles. The third kappa shape index (κ3) is 4.23. The van der Waals surface area contributed by atoms with Crippen molar-refractivity contribution in [3.05, 3.63) is 0 Å². The van der Waals surface area contributed by atoms with Crippen LogP contribution in [0, 0.1) is 0 Å². The van der Waals surface area contributed by atoms with E-state index in [2.05, 4.69) is 12.2 Å². The first-order valence-corrected chi connectivity index (χ1v) is 6.80. The van der Waals surface area contributed by atoms with Crippen molar-refractivity contribution in [2.75, 3.05) is 18.8 Å². The Hall–Kier alpha value is 0.110. The molecule has 1 saturated carbocycles. The monoisotopic (exact) mass is 203 g/mol. The molecule has 0 amide bonds. The van der Waals surface area contributed by atoms with Crippen molar-refractivity contribution in [3.63, 3.8) is 0 Å². The minimum atomic E-state index is -0.539. The maximum atomic E-state index is 11.7. The second kappa shape index (κ2) is 6.55. The highest BCUT2D eigenvalue weighted by atomic mass is 32.2. The maximum absolute atomic E-state index is 11.7. The molecule has 0 aliphatic heterocycles. The average molecular weight is 203 g/mol. The molecular weight excluding hydrogens is 182 g/mol. The molecule has 78 valence electrons. The highest BCUT2D eigenvalue weighted by molar-refractivity contribution is 7.85. The van der Waals surface area contributed by atoms with Crippen molar-refractivity contribution in [1.29, 1.82) is 0 Å². The summed E-state index contributed by atoms with van der Waals surface area (Å²) in [4.78, 5) is 0. The van der Waals surface area contributed by atoms with Gasteiger partial charge in [0.15, 0.2) is 0 Å². The summed E-state index contributed by atoms with van der Waals surface area (Å²) >= 11 is 0. The van der Waals surface area contributed by atoms with Crippen LogP contribution in [0.5, 0.6) is 0 Å². The normalized spacial score (nSPS) is 20.7. The van der Waals surface area contributed by atoms with Crippen LogP contribution in [0.2, 0.25) is 0 Å². The van der Waals surface area contributed by atoms with Gasteiger partial charge in [-0.1, -0.05) is 19.8 Å². The predicted molar refractivity (Wildman–Crippen MR) is 58.4 cm³/mol. The molecule has 1 fully saturated rings. The first-order valence-electron chi connectivity index (χ1n) is 5.42. The van der Waals surface area contributed by atoms with Crippen molar-refractivity contribution in [3.8, 4) is 0 Å². The van der Waals surface area contributed by atoms with E-state index in [-0.39, 0.29) is 0 Å². The molecule has 0 aromatic rings. The van der Waals surface area contributed by atoms with Gasteiger partial charge in [-0.3, -0.25) is 4.21 Å². The van der Waals surface area contributed by atoms with Gasteiger partial charge in [-0.2, -0.15) is 0 Å². The molecule has 3 heteroatoms. The van der Waals surface area contributed by atoms with E-state index in [0.717, 1.165) is 25.3 Å². The molecule has 1 rings (SSSR count). The fourth-order valence-electron chi connectivity index (χ4n) is 1.83. The van der Waals surface area contributed by atoms with E-state index >= 15 is 0 Å². The van der Waals surface area contributed by atoms with E-state index in [9.17, 15) is 4.21 Å². The van der Waals surface area contributed by atoms with Crippen LogP contribution in [0.4, 0.5) is 0 Å². The van der Waals surface area contributed by atoms with Crippen LogP contribution in [0.25, 0.3) is 0 Å². The molecule has 0 spiro atoms. The van der Waals surface area contributed by atoms with Crippen LogP contribution in [0.15, 0.2) is 0 Å². The molecule has 0 heterocycles. The Balaban J connectivity index is 2.03. The van der Waals surface area contributed by atoms with Gasteiger partial charge < -0.3 is 5.32 Å². The van der Waals surface area contributed by atoms with Gasteiger partial charge in [0, 0.05) is 21.8 Å². The van der Waals surface area contributed by atoms with Crippen LogP contribution in [-0.4, -0.2) is 28.3 Å². The largest absolute Gasteiger partial charge is 0.317 e. The molecule has 1 N–H and O–H groups in total. The van der Waals surface area contributed by atoms with Gasteiger partial charge in [0.05, 0.1) is 0 Å². The highest BCUT2D eigenvalue weighted by Gasteiger charge is 2.20. The van der Waals surface area contributed by atoms with Crippen LogP contribution >= 0.6 is 0 Å². The molecule has 1 aliphatic carbocycles. The Morgan fingerprint density at radius 2 is 2.08 bits per heavy atom. The van der Waals surface area contributed by atoms with E-state index in [0.29, 0.717) is 5.25 Å². The first-order chi connectivity index (χ1) is 6.34. The topological polar surface area (TPSA) is 29.1 Å². The van der Waals surface area contributed by atoms with Crippen molar-refractivity contribution in [2.45, 2.75) is 44.3 Å². The second-order valence-electron chi connectivity index (χ2n) is 3.70. The summed E-state index contributed by atoms with van der Waals surface area (Å²) in [5.41, 5.74) is 0. The third-order valence-corrected chi connectivity index (χ3v) is 4.53. The number of hydrogen-bond donors (Lipinski definition) is 1. The molecule has 1 atom stereocenters. The van der Waals surface area contributed by atoms with Crippen LogP contribution in [0.3, 0.4) is 0 Å². The van der Waals surface area contributed by atoms with Gasteiger partial charge in [-0.05, 0) is 32.4 Å². The summed E-state index contributed by atoms with van der Waals surface area (Å²) in [5.74, 6) is 0.900. The zero-order chi connectivity index (χ0) is 9.52. The maximum Gasteiger partial charge on any atom is 0.0348 e. The van der Waals surface area contributed by atoms with E-state index in [1.165, 1.54) is 25.7 Å². The summed E-state index contributed by atoms with van der Waals surface area (Å²) in [6.07, 6.45) is 6.06. The smallest absolute Gasteiger partial charge is 0.0348 e. The van der Waals surface area contributed by atoms with Gasteiger partial charge in [-0.25, -0.2) is 0 Å². The van der Waals surface area contributed by atoms with Crippen molar-refractivity contribution < 1.29 is 4.21 Å². The Labute approximate surface area is 83.9 Å². The molecule has 1 aliphatic rings. The molecule has 2 nitrogen and oxygen atoms in total. The zero-order valence-electron chi connectivity index (χ0n) is 8.55. The lowest BCUT2D eigenvalue weighted by molar-refractivity contribution is 0.657. The van der Waals surface area contributed by atoms with Gasteiger partial charge >= 0.3 is 0 Å². The number of rotatable bonds is 6. The Morgan fingerprint density at radius 3 is 2.69 bits per heavy atom. The Bertz CT molecular complexity index is 155. The Morgan fingerprint density at radius 1 is 1.38 bits per heavy atom. The van der Waals surface area contributed by atoms with Crippen molar-refractivity contribution in [1.82, 2.24) is 5.32 Å². The summed E-state index contributed by atoms with van der Waals surface area (Å²) < 4.78 is 11.7. The van der Waals surface area contributed by atoms with Crippen LogP contribution in [0.1, 0.15) is 39.0 Å². The van der Waals surface area contributed by atoms with Crippen LogP contribution < -0.4 is 5.32 Å². The minimum Gasteiger partial charge on any atom is -0.317 e. The highest BCUT2D eigenvalue weighted by Crippen LogP contribution is 2.23. The molecule has 0 radical (unpaired) electrons. The van der Waals surface area contributed by atoms with Gasteiger partial charge in [0.25, 0.3) is 0 Å². The fraction of sp³-hybridized carbons (Fsp3) is 1.00. The zero-order valence-corrected chi connectivity index (χ0v) is 9.37. The van der Waals surface area contributed by atoms with Gasteiger partial charge in [0.2, 0.25) is 0 Å². The Kier molecular flexibility index (Phi) is 5.63. The van der Waals surface area contributed by atoms with Gasteiger partial charge in [0.1, 0.15) is 0 Å². The number of hydrogen-bond acceptors (Lipinski definition) is 2. The SMILES string of the molecule is CCNCCCS(=O)C1CCCC1. The lowest BCUT2D eigenvalue weighted by Gasteiger charge is -2.08. The first kappa shape index (κ1) is 11.2. The lowest BCUT2D eigenvalue weighted by atomic mass is 10.4. The molecule has 1 unspecified atom stereocenters. The second-order valence-corrected chi connectivity index (χ2v) is 5.53. The molecule has 0 saturated heterocycles. The summed E-state index contributed by atoms with van der Waals surface area (Å²) in [7, 11) is -0.539. The summed E-state index contributed by atoms with van der Waals surface area (Å²) in [6.45, 7) is 4.15. The molecule has 0 bridgehead atoms. The minimum absolute atomic E-state index is 0.529. The average Bonchev–Trinajstić information content (AvgIpc) is 2.65. The predicted octanol–water partition coefficient (Wildman–Crippen LogP) is 1.68. The van der Waals surface area contributed by atoms with Crippen molar-refractivity contribution >= 4 is 10.8 Å². The van der Waals surface area contributed by atoms with E-state index in [4.69, 9.17) is 0 Å².